The van der Waals surface area contributed by atoms with Crippen molar-refractivity contribution < 1.29 is 19.1 Å². The second-order valence-corrected chi connectivity index (χ2v) is 7.43. The molecule has 0 fully saturated rings. The maximum atomic E-state index is 14.8. The number of hydrogen-bond donors (Lipinski definition) is 0. The number of rotatable bonds is 7. The van der Waals surface area contributed by atoms with Crippen molar-refractivity contribution in [2.75, 3.05) is 6.54 Å². The van der Waals surface area contributed by atoms with Gasteiger partial charge in [0, 0.05) is 28.6 Å². The molecule has 2 aromatic carbocycles. The average molecular weight is 403 g/mol. The van der Waals surface area contributed by atoms with Crippen molar-refractivity contribution in [1.82, 2.24) is 4.90 Å². The number of hydrogen-bond acceptors (Lipinski definition) is 3. The molecule has 0 radical (unpaired) electrons. The smallest absolute Gasteiger partial charge is 0.254 e. The molecule has 0 saturated heterocycles. The van der Waals surface area contributed by atoms with Crippen molar-refractivity contribution in [3.8, 4) is 0 Å². The van der Waals surface area contributed by atoms with E-state index in [1.54, 1.807) is 24.3 Å². The first-order valence-corrected chi connectivity index (χ1v) is 9.89. The van der Waals surface area contributed by atoms with Gasteiger partial charge in [0.15, 0.2) is 0 Å². The topological polar surface area (TPSA) is 60.4 Å². The van der Waals surface area contributed by atoms with Crippen LogP contribution in [0.25, 0.3) is 0 Å². The molecule has 2 atom stereocenters. The lowest BCUT2D eigenvalue weighted by molar-refractivity contribution is -0.309. The molecule has 0 N–H and O–H groups in total. The maximum absolute atomic E-state index is 14.8. The zero-order valence-corrected chi connectivity index (χ0v) is 16.4. The Morgan fingerprint density at radius 3 is 2.57 bits per heavy atom. The summed E-state index contributed by atoms with van der Waals surface area (Å²) in [5, 5.41) is 12.2. The number of fused-ring (bicyclic) bond motifs is 1. The van der Waals surface area contributed by atoms with Gasteiger partial charge in [-0.1, -0.05) is 62.1 Å². The molecule has 1 amide bonds. The number of unbranched alkanes of at least 4 members (excludes halogenated alkanes) is 3. The Bertz CT molecular complexity index is 866. The minimum atomic E-state index is -1.36. The second-order valence-electron chi connectivity index (χ2n) is 7.02. The summed E-state index contributed by atoms with van der Waals surface area (Å²) in [6.07, 6.45) is 3.63. The number of carboxylic acid groups (broad SMARTS) is 1. The quantitative estimate of drug-likeness (QED) is 0.655. The highest BCUT2D eigenvalue weighted by molar-refractivity contribution is 6.31. The van der Waals surface area contributed by atoms with Gasteiger partial charge in [0.1, 0.15) is 5.82 Å². The zero-order chi connectivity index (χ0) is 20.3. The van der Waals surface area contributed by atoms with Gasteiger partial charge in [-0.05, 0) is 30.2 Å². The van der Waals surface area contributed by atoms with E-state index in [4.69, 9.17) is 11.6 Å². The molecule has 28 heavy (non-hydrogen) atoms. The summed E-state index contributed by atoms with van der Waals surface area (Å²) in [7, 11) is 0. The molecule has 0 spiro atoms. The van der Waals surface area contributed by atoms with Gasteiger partial charge in [0.2, 0.25) is 0 Å². The van der Waals surface area contributed by atoms with Crippen LogP contribution in [-0.4, -0.2) is 23.3 Å². The largest absolute Gasteiger partial charge is 0.549 e. The third-order valence-electron chi connectivity index (χ3n) is 5.24. The van der Waals surface area contributed by atoms with Gasteiger partial charge in [-0.25, -0.2) is 4.39 Å². The Morgan fingerprint density at radius 2 is 1.89 bits per heavy atom. The van der Waals surface area contributed by atoms with Crippen LogP contribution in [0, 0.1) is 5.82 Å². The fourth-order valence-corrected chi connectivity index (χ4v) is 4.19. The number of nitrogens with zero attached hydrogens (tertiary/aromatic N) is 1. The Morgan fingerprint density at radius 1 is 1.14 bits per heavy atom. The van der Waals surface area contributed by atoms with Crippen molar-refractivity contribution in [2.24, 2.45) is 0 Å². The van der Waals surface area contributed by atoms with E-state index in [0.717, 1.165) is 19.3 Å². The molecule has 148 valence electrons. The van der Waals surface area contributed by atoms with Crippen molar-refractivity contribution in [3.05, 3.63) is 70.0 Å². The van der Waals surface area contributed by atoms with E-state index in [1.165, 1.54) is 23.1 Å². The van der Waals surface area contributed by atoms with E-state index in [0.29, 0.717) is 24.1 Å². The van der Waals surface area contributed by atoms with E-state index in [2.05, 4.69) is 6.92 Å². The lowest BCUT2D eigenvalue weighted by Gasteiger charge is -2.43. The SMILES string of the molecule is CCCCCCN1C(=O)c2ccccc2[C@H](C(=O)[O-])[C@@H]1c1c(F)cccc1Cl. The van der Waals surface area contributed by atoms with E-state index in [9.17, 15) is 19.1 Å². The fourth-order valence-electron chi connectivity index (χ4n) is 3.92. The van der Waals surface area contributed by atoms with Gasteiger partial charge in [-0.15, -0.1) is 0 Å². The van der Waals surface area contributed by atoms with E-state index >= 15 is 0 Å². The summed E-state index contributed by atoms with van der Waals surface area (Å²) >= 11 is 6.27. The van der Waals surface area contributed by atoms with Gasteiger partial charge in [-0.2, -0.15) is 0 Å². The van der Waals surface area contributed by atoms with Crippen LogP contribution in [0.3, 0.4) is 0 Å². The number of carbonyl (C=O) groups excluding carboxylic acids is 2. The molecule has 0 aliphatic carbocycles. The summed E-state index contributed by atoms with van der Waals surface area (Å²) in [6.45, 7) is 2.41. The van der Waals surface area contributed by atoms with E-state index < -0.39 is 23.7 Å². The number of aliphatic carboxylic acids is 1. The molecular weight excluding hydrogens is 381 g/mol. The van der Waals surface area contributed by atoms with E-state index in [1.807, 2.05) is 0 Å². The Labute approximate surface area is 168 Å². The first-order chi connectivity index (χ1) is 13.5. The third kappa shape index (κ3) is 3.76. The van der Waals surface area contributed by atoms with Crippen LogP contribution < -0.4 is 5.11 Å². The van der Waals surface area contributed by atoms with Gasteiger partial charge >= 0.3 is 0 Å². The maximum Gasteiger partial charge on any atom is 0.254 e. The van der Waals surface area contributed by atoms with Crippen LogP contribution in [0.5, 0.6) is 0 Å². The van der Waals surface area contributed by atoms with Crippen molar-refractivity contribution >= 4 is 23.5 Å². The molecule has 1 heterocycles. The molecule has 0 saturated carbocycles. The molecule has 0 bridgehead atoms. The van der Waals surface area contributed by atoms with Crippen LogP contribution in [0.1, 0.15) is 66.1 Å². The molecule has 1 aliphatic heterocycles. The summed E-state index contributed by atoms with van der Waals surface area (Å²) in [5.74, 6) is -3.50. The van der Waals surface area contributed by atoms with Gasteiger partial charge in [0.05, 0.1) is 12.0 Å². The molecule has 1 aliphatic rings. The summed E-state index contributed by atoms with van der Waals surface area (Å²) in [5.41, 5.74) is 0.675. The molecule has 0 unspecified atom stereocenters. The lowest BCUT2D eigenvalue weighted by Crippen LogP contribution is -2.48. The van der Waals surface area contributed by atoms with Gasteiger partial charge in [0.25, 0.3) is 5.91 Å². The van der Waals surface area contributed by atoms with Crippen molar-refractivity contribution in [2.45, 2.75) is 44.6 Å². The first-order valence-electron chi connectivity index (χ1n) is 9.52. The lowest BCUT2D eigenvalue weighted by atomic mass is 9.79. The van der Waals surface area contributed by atoms with Crippen LogP contribution >= 0.6 is 11.6 Å². The molecule has 4 nitrogen and oxygen atoms in total. The van der Waals surface area contributed by atoms with Crippen LogP contribution in [0.4, 0.5) is 4.39 Å². The summed E-state index contributed by atoms with van der Waals surface area (Å²) in [4.78, 5) is 26.8. The van der Waals surface area contributed by atoms with Crippen LogP contribution in [0.15, 0.2) is 42.5 Å². The zero-order valence-electron chi connectivity index (χ0n) is 15.7. The fraction of sp³-hybridized carbons (Fsp3) is 0.364. The number of carboxylic acids is 1. The predicted octanol–water partition coefficient (Wildman–Crippen LogP) is 4.09. The molecule has 6 heteroatoms. The molecule has 3 rings (SSSR count). The summed E-state index contributed by atoms with van der Waals surface area (Å²) < 4.78 is 14.8. The Hall–Kier alpha value is -2.40. The predicted molar refractivity (Wildman–Crippen MR) is 104 cm³/mol. The van der Waals surface area contributed by atoms with Crippen molar-refractivity contribution in [3.63, 3.8) is 0 Å². The molecular formula is C22H22ClFNO3-. The second kappa shape index (κ2) is 8.74. The molecule has 2 aromatic rings. The number of carbonyl (C=O) groups is 2. The highest BCUT2D eigenvalue weighted by Crippen LogP contribution is 2.45. The summed E-state index contributed by atoms with van der Waals surface area (Å²) in [6, 6.07) is 9.69. The Balaban J connectivity index is 2.14. The minimum Gasteiger partial charge on any atom is -0.549 e. The Kier molecular flexibility index (Phi) is 6.35. The highest BCUT2D eigenvalue weighted by Gasteiger charge is 2.42. The minimum absolute atomic E-state index is 0.0247. The van der Waals surface area contributed by atoms with Gasteiger partial charge < -0.3 is 14.8 Å². The standard InChI is InChI=1S/C22H23ClFNO3/c1-2-3-4-7-13-25-20(19-16(23)11-8-12-17(19)24)18(22(27)28)14-9-5-6-10-15(14)21(25)26/h5-6,8-12,18,20H,2-4,7,13H2,1H3,(H,27,28)/p-1/t18-,20+/m0/s1. The van der Waals surface area contributed by atoms with Crippen LogP contribution in [-0.2, 0) is 4.79 Å². The van der Waals surface area contributed by atoms with Gasteiger partial charge in [-0.3, -0.25) is 4.79 Å². The first kappa shape index (κ1) is 20.3. The average Bonchev–Trinajstić information content (AvgIpc) is 2.66. The third-order valence-corrected chi connectivity index (χ3v) is 5.57. The molecule has 0 aromatic heterocycles. The number of halogens is 2. The highest BCUT2D eigenvalue weighted by atomic mass is 35.5. The normalized spacial score (nSPS) is 18.8. The monoisotopic (exact) mass is 402 g/mol. The number of benzene rings is 2. The number of amides is 1. The van der Waals surface area contributed by atoms with Crippen LogP contribution in [0.2, 0.25) is 5.02 Å². The van der Waals surface area contributed by atoms with E-state index in [-0.39, 0.29) is 16.5 Å². The van der Waals surface area contributed by atoms with Crippen molar-refractivity contribution in [1.29, 1.82) is 0 Å².